The van der Waals surface area contributed by atoms with Crippen LogP contribution in [0, 0.1) is 12.7 Å². The highest BCUT2D eigenvalue weighted by Gasteiger charge is 2.20. The summed E-state index contributed by atoms with van der Waals surface area (Å²) in [7, 11) is 0. The Balaban J connectivity index is 3.02. The number of carbonyl (C=O) groups is 2. The summed E-state index contributed by atoms with van der Waals surface area (Å²) in [5.74, 6) is -1.26. The summed E-state index contributed by atoms with van der Waals surface area (Å²) in [4.78, 5) is 24.5. The lowest BCUT2D eigenvalue weighted by molar-refractivity contribution is -0.119. The van der Waals surface area contributed by atoms with Crippen molar-refractivity contribution in [3.05, 3.63) is 35.1 Å². The third kappa shape index (κ3) is 3.29. The van der Waals surface area contributed by atoms with Crippen LogP contribution in [0.5, 0.6) is 0 Å². The highest BCUT2D eigenvalue weighted by Crippen LogP contribution is 2.13. The van der Waals surface area contributed by atoms with Gasteiger partial charge < -0.3 is 10.6 Å². The number of hydrogen-bond acceptors (Lipinski definition) is 2. The molecule has 2 amide bonds. The van der Waals surface area contributed by atoms with E-state index in [1.807, 2.05) is 0 Å². The number of halogens is 1. The topological polar surface area (TPSA) is 63.4 Å². The zero-order chi connectivity index (χ0) is 13.9. The van der Waals surface area contributed by atoms with Gasteiger partial charge in [-0.1, -0.05) is 0 Å². The number of primary amides is 1. The Morgan fingerprint density at radius 3 is 2.44 bits per heavy atom. The lowest BCUT2D eigenvalue weighted by Gasteiger charge is -2.25. The van der Waals surface area contributed by atoms with Crippen LogP contribution in [0.1, 0.15) is 29.8 Å². The average molecular weight is 252 g/mol. The largest absolute Gasteiger partial charge is 0.368 e. The van der Waals surface area contributed by atoms with Gasteiger partial charge in [-0.3, -0.25) is 9.59 Å². The van der Waals surface area contributed by atoms with Gasteiger partial charge in [-0.05, 0) is 44.5 Å². The van der Waals surface area contributed by atoms with E-state index < -0.39 is 5.91 Å². The third-order valence-corrected chi connectivity index (χ3v) is 2.62. The normalized spacial score (nSPS) is 10.5. The second kappa shape index (κ2) is 5.62. The van der Waals surface area contributed by atoms with Crippen molar-refractivity contribution in [2.75, 3.05) is 6.54 Å². The Morgan fingerprint density at radius 2 is 2.00 bits per heavy atom. The minimum absolute atomic E-state index is 0.146. The van der Waals surface area contributed by atoms with Crippen LogP contribution in [0.4, 0.5) is 4.39 Å². The third-order valence-electron chi connectivity index (χ3n) is 2.62. The fourth-order valence-electron chi connectivity index (χ4n) is 1.60. The van der Waals surface area contributed by atoms with Crippen LogP contribution in [-0.2, 0) is 4.79 Å². The number of nitrogens with zero attached hydrogens (tertiary/aromatic N) is 1. The summed E-state index contributed by atoms with van der Waals surface area (Å²) in [6, 6.07) is 3.95. The van der Waals surface area contributed by atoms with Crippen LogP contribution < -0.4 is 5.73 Å². The van der Waals surface area contributed by atoms with Crippen LogP contribution in [0.2, 0.25) is 0 Å². The van der Waals surface area contributed by atoms with E-state index in [0.717, 1.165) is 0 Å². The summed E-state index contributed by atoms with van der Waals surface area (Å²) < 4.78 is 13.1. The fourth-order valence-corrected chi connectivity index (χ4v) is 1.60. The van der Waals surface area contributed by atoms with Crippen LogP contribution in [0.3, 0.4) is 0 Å². The molecule has 1 aromatic rings. The molecule has 0 fully saturated rings. The predicted molar refractivity (Wildman–Crippen MR) is 66.5 cm³/mol. The number of amides is 2. The van der Waals surface area contributed by atoms with E-state index in [9.17, 15) is 14.0 Å². The summed E-state index contributed by atoms with van der Waals surface area (Å²) in [5, 5.41) is 0. The van der Waals surface area contributed by atoms with Gasteiger partial charge in [0, 0.05) is 11.6 Å². The molecule has 0 bridgehead atoms. The molecule has 0 aliphatic rings. The maximum atomic E-state index is 13.1. The number of hydrogen-bond donors (Lipinski definition) is 1. The van der Waals surface area contributed by atoms with E-state index in [0.29, 0.717) is 11.1 Å². The minimum Gasteiger partial charge on any atom is -0.368 e. The fraction of sp³-hybridized carbons (Fsp3) is 0.385. The zero-order valence-electron chi connectivity index (χ0n) is 10.7. The molecule has 0 aliphatic heterocycles. The second-order valence-electron chi connectivity index (χ2n) is 4.46. The molecule has 0 aliphatic carbocycles. The van der Waals surface area contributed by atoms with Crippen molar-refractivity contribution in [1.82, 2.24) is 4.90 Å². The quantitative estimate of drug-likeness (QED) is 0.882. The van der Waals surface area contributed by atoms with Crippen LogP contribution in [0.25, 0.3) is 0 Å². The Morgan fingerprint density at radius 1 is 1.39 bits per heavy atom. The lowest BCUT2D eigenvalue weighted by atomic mass is 10.1. The summed E-state index contributed by atoms with van der Waals surface area (Å²) in [5.41, 5.74) is 5.85. The van der Waals surface area contributed by atoms with E-state index in [1.54, 1.807) is 20.8 Å². The molecule has 18 heavy (non-hydrogen) atoms. The van der Waals surface area contributed by atoms with Crippen LogP contribution in [0.15, 0.2) is 18.2 Å². The van der Waals surface area contributed by atoms with Crippen molar-refractivity contribution < 1.29 is 14.0 Å². The molecule has 98 valence electrons. The van der Waals surface area contributed by atoms with Crippen molar-refractivity contribution in [3.63, 3.8) is 0 Å². The molecule has 0 atom stereocenters. The summed E-state index contributed by atoms with van der Waals surface area (Å²) >= 11 is 0. The molecule has 5 heteroatoms. The van der Waals surface area contributed by atoms with Gasteiger partial charge in [-0.25, -0.2) is 4.39 Å². The van der Waals surface area contributed by atoms with Crippen LogP contribution in [-0.4, -0.2) is 29.3 Å². The zero-order valence-corrected chi connectivity index (χ0v) is 10.7. The van der Waals surface area contributed by atoms with Gasteiger partial charge >= 0.3 is 0 Å². The maximum absolute atomic E-state index is 13.1. The molecule has 0 saturated heterocycles. The Kier molecular flexibility index (Phi) is 4.42. The van der Waals surface area contributed by atoms with Gasteiger partial charge in [0.1, 0.15) is 5.82 Å². The van der Waals surface area contributed by atoms with E-state index in [-0.39, 0.29) is 24.3 Å². The smallest absolute Gasteiger partial charge is 0.254 e. The molecule has 1 rings (SSSR count). The van der Waals surface area contributed by atoms with Gasteiger partial charge in [-0.15, -0.1) is 0 Å². The van der Waals surface area contributed by atoms with E-state index in [1.165, 1.54) is 23.1 Å². The number of rotatable bonds is 4. The second-order valence-corrected chi connectivity index (χ2v) is 4.46. The summed E-state index contributed by atoms with van der Waals surface area (Å²) in [6.45, 7) is 5.02. The standard InChI is InChI=1S/C13H17FN2O2/c1-8(2)16(7-12(15)17)13(18)10-4-5-11(14)9(3)6-10/h4-6,8H,7H2,1-3H3,(H2,15,17). The monoisotopic (exact) mass is 252 g/mol. The number of aryl methyl sites for hydroxylation is 1. The van der Waals surface area contributed by atoms with Crippen molar-refractivity contribution in [2.45, 2.75) is 26.8 Å². The predicted octanol–water partition coefficient (Wildman–Crippen LogP) is 1.47. The molecule has 0 saturated carbocycles. The first kappa shape index (κ1) is 14.2. The van der Waals surface area contributed by atoms with Crippen LogP contribution >= 0.6 is 0 Å². The van der Waals surface area contributed by atoms with Gasteiger partial charge in [0.05, 0.1) is 6.54 Å². The van der Waals surface area contributed by atoms with Gasteiger partial charge in [0.15, 0.2) is 0 Å². The molecule has 0 aromatic heterocycles. The molecule has 4 nitrogen and oxygen atoms in total. The highest BCUT2D eigenvalue weighted by molar-refractivity contribution is 5.96. The molecule has 1 aromatic carbocycles. The first-order valence-electron chi connectivity index (χ1n) is 5.68. The Labute approximate surface area is 106 Å². The molecule has 2 N–H and O–H groups in total. The number of nitrogens with two attached hydrogens (primary N) is 1. The molecule has 0 radical (unpaired) electrons. The molecule has 0 unspecified atom stereocenters. The first-order chi connectivity index (χ1) is 8.32. The van der Waals surface area contributed by atoms with E-state index >= 15 is 0 Å². The van der Waals surface area contributed by atoms with Crippen molar-refractivity contribution in [1.29, 1.82) is 0 Å². The van der Waals surface area contributed by atoms with Gasteiger partial charge in [-0.2, -0.15) is 0 Å². The first-order valence-corrected chi connectivity index (χ1v) is 5.68. The maximum Gasteiger partial charge on any atom is 0.254 e. The minimum atomic E-state index is -0.573. The summed E-state index contributed by atoms with van der Waals surface area (Å²) in [6.07, 6.45) is 0. The van der Waals surface area contributed by atoms with Crippen molar-refractivity contribution in [2.24, 2.45) is 5.73 Å². The van der Waals surface area contributed by atoms with Crippen molar-refractivity contribution >= 4 is 11.8 Å². The SMILES string of the molecule is Cc1cc(C(=O)N(CC(N)=O)C(C)C)ccc1F. The lowest BCUT2D eigenvalue weighted by Crippen LogP contribution is -2.42. The molecule has 0 heterocycles. The highest BCUT2D eigenvalue weighted by atomic mass is 19.1. The number of benzene rings is 1. The Hall–Kier alpha value is -1.91. The average Bonchev–Trinajstić information content (AvgIpc) is 2.28. The number of carbonyl (C=O) groups excluding carboxylic acids is 2. The Bertz CT molecular complexity index is 472. The van der Waals surface area contributed by atoms with E-state index in [4.69, 9.17) is 5.73 Å². The van der Waals surface area contributed by atoms with Gasteiger partial charge in [0.2, 0.25) is 5.91 Å². The van der Waals surface area contributed by atoms with Crippen molar-refractivity contribution in [3.8, 4) is 0 Å². The van der Waals surface area contributed by atoms with Gasteiger partial charge in [0.25, 0.3) is 5.91 Å². The molecular formula is C13H17FN2O2. The molecular weight excluding hydrogens is 235 g/mol. The van der Waals surface area contributed by atoms with E-state index in [2.05, 4.69) is 0 Å². The molecule has 0 spiro atoms.